The molecule has 1 rings (SSSR count). The summed E-state index contributed by atoms with van der Waals surface area (Å²) in [6, 6.07) is 9.58. The van der Waals surface area contributed by atoms with Gasteiger partial charge in [0.1, 0.15) is 0 Å². The van der Waals surface area contributed by atoms with Crippen LogP contribution in [-0.2, 0) is 30.4 Å². The summed E-state index contributed by atoms with van der Waals surface area (Å²) in [5, 5.41) is 2.45. The summed E-state index contributed by atoms with van der Waals surface area (Å²) in [5.74, 6) is -2.18. The standard InChI is InChI=1S/C18H26N2O5/c1-5-24-16(22)18(19-14(3)21,17(23)25-6-2)13-20(4)12-15-10-8-7-9-11-15/h7-11H,5-6,12-13H2,1-4H3,(H,19,21). The Balaban J connectivity index is 3.10. The molecule has 0 radical (unpaired) electrons. The van der Waals surface area contributed by atoms with Gasteiger partial charge in [-0.1, -0.05) is 30.3 Å². The quantitative estimate of drug-likeness (QED) is 0.531. The van der Waals surface area contributed by atoms with E-state index < -0.39 is 23.4 Å². The van der Waals surface area contributed by atoms with Crippen molar-refractivity contribution in [3.8, 4) is 0 Å². The van der Waals surface area contributed by atoms with E-state index in [-0.39, 0.29) is 19.8 Å². The third-order valence-electron chi connectivity index (χ3n) is 3.44. The van der Waals surface area contributed by atoms with Crippen molar-refractivity contribution in [2.75, 3.05) is 26.8 Å². The van der Waals surface area contributed by atoms with E-state index in [2.05, 4.69) is 5.32 Å². The number of rotatable bonds is 9. The number of hydrogen-bond acceptors (Lipinski definition) is 6. The van der Waals surface area contributed by atoms with Gasteiger partial charge >= 0.3 is 11.9 Å². The highest BCUT2D eigenvalue weighted by atomic mass is 16.6. The number of carbonyl (C=O) groups excluding carboxylic acids is 3. The first-order chi connectivity index (χ1) is 11.9. The molecule has 1 aromatic carbocycles. The fourth-order valence-corrected chi connectivity index (χ4v) is 2.52. The van der Waals surface area contributed by atoms with E-state index in [1.165, 1.54) is 6.92 Å². The van der Waals surface area contributed by atoms with Crippen LogP contribution in [0.25, 0.3) is 0 Å². The Morgan fingerprint density at radius 3 is 2.00 bits per heavy atom. The highest BCUT2D eigenvalue weighted by Gasteiger charge is 2.50. The Kier molecular flexibility index (Phi) is 8.07. The van der Waals surface area contributed by atoms with Crippen LogP contribution in [0.4, 0.5) is 0 Å². The van der Waals surface area contributed by atoms with Gasteiger partial charge in [0.15, 0.2) is 0 Å². The van der Waals surface area contributed by atoms with Crippen molar-refractivity contribution in [1.29, 1.82) is 0 Å². The smallest absolute Gasteiger partial charge is 0.345 e. The Morgan fingerprint density at radius 1 is 1.04 bits per heavy atom. The molecule has 0 saturated carbocycles. The van der Waals surface area contributed by atoms with E-state index in [4.69, 9.17) is 9.47 Å². The molecule has 0 aliphatic heterocycles. The molecule has 0 aliphatic rings. The van der Waals surface area contributed by atoms with Crippen LogP contribution in [0.2, 0.25) is 0 Å². The zero-order chi connectivity index (χ0) is 18.9. The van der Waals surface area contributed by atoms with Gasteiger partial charge in [0, 0.05) is 20.0 Å². The van der Waals surface area contributed by atoms with Crippen molar-refractivity contribution in [1.82, 2.24) is 10.2 Å². The lowest BCUT2D eigenvalue weighted by molar-refractivity contribution is -0.169. The second kappa shape index (κ2) is 9.78. The third kappa shape index (κ3) is 5.86. The molecule has 0 bridgehead atoms. The molecular formula is C18H26N2O5. The number of nitrogens with one attached hydrogen (secondary N) is 1. The lowest BCUT2D eigenvalue weighted by Crippen LogP contribution is -2.66. The van der Waals surface area contributed by atoms with E-state index in [9.17, 15) is 14.4 Å². The molecular weight excluding hydrogens is 324 g/mol. The minimum atomic E-state index is -1.90. The molecule has 0 aromatic heterocycles. The van der Waals surface area contributed by atoms with Crippen LogP contribution >= 0.6 is 0 Å². The third-order valence-corrected chi connectivity index (χ3v) is 3.44. The molecule has 0 saturated heterocycles. The topological polar surface area (TPSA) is 84.9 Å². The molecule has 1 amide bonds. The Hall–Kier alpha value is -2.41. The highest BCUT2D eigenvalue weighted by molar-refractivity contribution is 6.08. The molecule has 0 heterocycles. The summed E-state index contributed by atoms with van der Waals surface area (Å²) in [5.41, 5.74) is -0.893. The van der Waals surface area contributed by atoms with Crippen LogP contribution in [0.1, 0.15) is 26.3 Å². The Labute approximate surface area is 148 Å². The summed E-state index contributed by atoms with van der Waals surface area (Å²) in [4.78, 5) is 38.5. The van der Waals surface area contributed by atoms with Crippen LogP contribution in [0, 0.1) is 0 Å². The lowest BCUT2D eigenvalue weighted by atomic mass is 9.98. The zero-order valence-electron chi connectivity index (χ0n) is 15.2. The summed E-state index contributed by atoms with van der Waals surface area (Å²) in [6.07, 6.45) is 0. The van der Waals surface area contributed by atoms with Gasteiger partial charge in [-0.2, -0.15) is 0 Å². The number of esters is 2. The van der Waals surface area contributed by atoms with Crippen LogP contribution < -0.4 is 5.32 Å². The number of ether oxygens (including phenoxy) is 2. The average molecular weight is 350 g/mol. The minimum Gasteiger partial charge on any atom is -0.464 e. The van der Waals surface area contributed by atoms with Crippen molar-refractivity contribution in [3.63, 3.8) is 0 Å². The van der Waals surface area contributed by atoms with E-state index in [0.717, 1.165) is 5.56 Å². The predicted molar refractivity (Wildman–Crippen MR) is 92.6 cm³/mol. The zero-order valence-corrected chi connectivity index (χ0v) is 15.2. The average Bonchev–Trinajstić information content (AvgIpc) is 2.55. The van der Waals surface area contributed by atoms with Crippen molar-refractivity contribution < 1.29 is 23.9 Å². The Morgan fingerprint density at radius 2 is 1.56 bits per heavy atom. The molecule has 138 valence electrons. The van der Waals surface area contributed by atoms with Gasteiger partial charge in [0.25, 0.3) is 0 Å². The predicted octanol–water partition coefficient (Wildman–Crippen LogP) is 1.12. The first-order valence-corrected chi connectivity index (χ1v) is 8.21. The van der Waals surface area contributed by atoms with Gasteiger partial charge in [-0.05, 0) is 26.5 Å². The van der Waals surface area contributed by atoms with E-state index in [1.54, 1.807) is 25.8 Å². The Bertz CT molecular complexity index is 570. The van der Waals surface area contributed by atoms with Crippen molar-refractivity contribution >= 4 is 17.8 Å². The maximum atomic E-state index is 12.5. The number of likely N-dealkylation sites (N-methyl/N-ethyl adjacent to an activating group) is 1. The fraction of sp³-hybridized carbons (Fsp3) is 0.500. The molecule has 0 spiro atoms. The molecule has 0 atom stereocenters. The lowest BCUT2D eigenvalue weighted by Gasteiger charge is -2.33. The summed E-state index contributed by atoms with van der Waals surface area (Å²) >= 11 is 0. The molecule has 7 nitrogen and oxygen atoms in total. The van der Waals surface area contributed by atoms with Crippen LogP contribution in [0.15, 0.2) is 30.3 Å². The first kappa shape index (κ1) is 20.6. The molecule has 1 aromatic rings. The number of nitrogens with zero attached hydrogens (tertiary/aromatic N) is 1. The molecule has 0 unspecified atom stereocenters. The monoisotopic (exact) mass is 350 g/mol. The maximum Gasteiger partial charge on any atom is 0.345 e. The van der Waals surface area contributed by atoms with E-state index in [0.29, 0.717) is 6.54 Å². The second-order valence-electron chi connectivity index (χ2n) is 5.69. The van der Waals surface area contributed by atoms with E-state index in [1.807, 2.05) is 30.3 Å². The minimum absolute atomic E-state index is 0.0703. The van der Waals surface area contributed by atoms with Crippen molar-refractivity contribution in [3.05, 3.63) is 35.9 Å². The summed E-state index contributed by atoms with van der Waals surface area (Å²) in [6.45, 7) is 5.10. The first-order valence-electron chi connectivity index (χ1n) is 8.21. The second-order valence-corrected chi connectivity index (χ2v) is 5.69. The molecule has 0 aliphatic carbocycles. The van der Waals surface area contributed by atoms with Crippen molar-refractivity contribution in [2.45, 2.75) is 32.9 Å². The van der Waals surface area contributed by atoms with E-state index >= 15 is 0 Å². The number of benzene rings is 1. The number of amides is 1. The summed E-state index contributed by atoms with van der Waals surface area (Å²) in [7, 11) is 1.75. The molecule has 0 fully saturated rings. The normalized spacial score (nSPS) is 11.1. The van der Waals surface area contributed by atoms with Gasteiger partial charge in [0.2, 0.25) is 11.4 Å². The molecule has 1 N–H and O–H groups in total. The maximum absolute atomic E-state index is 12.5. The van der Waals surface area contributed by atoms with Gasteiger partial charge in [-0.3, -0.25) is 9.69 Å². The molecule has 7 heteroatoms. The van der Waals surface area contributed by atoms with Crippen LogP contribution in [0.5, 0.6) is 0 Å². The van der Waals surface area contributed by atoms with Gasteiger partial charge in [-0.25, -0.2) is 9.59 Å². The number of hydrogen-bond donors (Lipinski definition) is 1. The van der Waals surface area contributed by atoms with Gasteiger partial charge in [-0.15, -0.1) is 0 Å². The van der Waals surface area contributed by atoms with Crippen LogP contribution in [0.3, 0.4) is 0 Å². The molecule has 25 heavy (non-hydrogen) atoms. The highest BCUT2D eigenvalue weighted by Crippen LogP contribution is 2.15. The summed E-state index contributed by atoms with van der Waals surface area (Å²) < 4.78 is 10.1. The SMILES string of the molecule is CCOC(=O)C(CN(C)Cc1ccccc1)(NC(C)=O)C(=O)OCC. The fourth-order valence-electron chi connectivity index (χ4n) is 2.52. The van der Waals surface area contributed by atoms with Gasteiger partial charge in [0.05, 0.1) is 13.2 Å². The van der Waals surface area contributed by atoms with Crippen molar-refractivity contribution in [2.24, 2.45) is 0 Å². The number of carbonyl (C=O) groups is 3. The largest absolute Gasteiger partial charge is 0.464 e. The van der Waals surface area contributed by atoms with Gasteiger partial charge < -0.3 is 14.8 Å². The van der Waals surface area contributed by atoms with Crippen LogP contribution in [-0.4, -0.2) is 55.1 Å².